The van der Waals surface area contributed by atoms with Crippen LogP contribution in [0, 0.1) is 0 Å². The van der Waals surface area contributed by atoms with Crippen molar-refractivity contribution in [3.8, 4) is 0 Å². The highest BCUT2D eigenvalue weighted by atomic mass is 17.4. The zero-order valence-corrected chi connectivity index (χ0v) is 18.2. The zero-order chi connectivity index (χ0) is 23.1. The standard InChI is InChI=1S/C22H30O10/c1-3-5-17-25-29-21(27-23,19-13-9-7-10-14-19)31-32-22(28-24,30-26-18-6-4-2)20-15-11-8-12-16-20/h7-16,23-24H,3-6,17-18H2,1-2H3. The van der Waals surface area contributed by atoms with Crippen molar-refractivity contribution in [3.63, 3.8) is 0 Å². The Bertz CT molecular complexity index is 669. The van der Waals surface area contributed by atoms with E-state index in [-0.39, 0.29) is 24.3 Å². The van der Waals surface area contributed by atoms with Crippen LogP contribution in [-0.2, 0) is 51.0 Å². The highest BCUT2D eigenvalue weighted by molar-refractivity contribution is 5.19. The predicted octanol–water partition coefficient (Wildman–Crippen LogP) is 5.03. The Morgan fingerprint density at radius 2 is 0.969 bits per heavy atom. The van der Waals surface area contributed by atoms with E-state index in [1.807, 2.05) is 13.8 Å². The van der Waals surface area contributed by atoms with Crippen LogP contribution in [0.2, 0.25) is 0 Å². The second-order valence-electron chi connectivity index (χ2n) is 6.71. The second kappa shape index (κ2) is 14.2. The van der Waals surface area contributed by atoms with Crippen LogP contribution in [0.25, 0.3) is 0 Å². The van der Waals surface area contributed by atoms with Gasteiger partial charge in [-0.1, -0.05) is 87.4 Å². The summed E-state index contributed by atoms with van der Waals surface area (Å²) in [5.41, 5.74) is 0.344. The molecular formula is C22H30O10. The molecular weight excluding hydrogens is 424 g/mol. The molecule has 2 atom stereocenters. The van der Waals surface area contributed by atoms with Crippen LogP contribution >= 0.6 is 0 Å². The van der Waals surface area contributed by atoms with Crippen molar-refractivity contribution in [2.24, 2.45) is 0 Å². The maximum absolute atomic E-state index is 9.69. The normalized spacial score (nSPS) is 15.2. The fourth-order valence-corrected chi connectivity index (χ4v) is 2.43. The van der Waals surface area contributed by atoms with Gasteiger partial charge in [0.15, 0.2) is 0 Å². The average Bonchev–Trinajstić information content (AvgIpc) is 2.86. The first-order valence-corrected chi connectivity index (χ1v) is 10.4. The fourth-order valence-electron chi connectivity index (χ4n) is 2.43. The highest BCUT2D eigenvalue weighted by Crippen LogP contribution is 2.35. The molecule has 0 saturated carbocycles. The van der Waals surface area contributed by atoms with Crippen molar-refractivity contribution in [1.29, 1.82) is 0 Å². The lowest BCUT2D eigenvalue weighted by Crippen LogP contribution is -2.42. The molecule has 0 bridgehead atoms. The number of unbranched alkanes of at least 4 members (excludes halogenated alkanes) is 2. The molecule has 0 aliphatic heterocycles. The van der Waals surface area contributed by atoms with E-state index in [4.69, 9.17) is 29.3 Å². The highest BCUT2D eigenvalue weighted by Gasteiger charge is 2.48. The molecule has 10 heteroatoms. The van der Waals surface area contributed by atoms with E-state index in [1.54, 1.807) is 36.4 Å². The molecule has 2 aromatic rings. The summed E-state index contributed by atoms with van der Waals surface area (Å²) < 4.78 is 0. The van der Waals surface area contributed by atoms with E-state index >= 15 is 0 Å². The Balaban J connectivity index is 2.29. The van der Waals surface area contributed by atoms with Crippen molar-refractivity contribution < 1.29 is 49.6 Å². The maximum Gasteiger partial charge on any atom is 0.392 e. The lowest BCUT2D eigenvalue weighted by atomic mass is 10.2. The van der Waals surface area contributed by atoms with Gasteiger partial charge in [-0.05, 0) is 12.8 Å². The van der Waals surface area contributed by atoms with Gasteiger partial charge in [0, 0.05) is 11.1 Å². The van der Waals surface area contributed by atoms with Crippen LogP contribution in [0.15, 0.2) is 60.7 Å². The number of rotatable bonds is 17. The molecule has 10 nitrogen and oxygen atoms in total. The van der Waals surface area contributed by atoms with Gasteiger partial charge in [0.2, 0.25) is 0 Å². The Labute approximate surface area is 186 Å². The Morgan fingerprint density at radius 1 is 0.594 bits per heavy atom. The van der Waals surface area contributed by atoms with E-state index in [2.05, 4.69) is 9.78 Å². The van der Waals surface area contributed by atoms with Gasteiger partial charge in [-0.2, -0.15) is 29.3 Å². The molecule has 32 heavy (non-hydrogen) atoms. The quantitative estimate of drug-likeness (QED) is 0.146. The average molecular weight is 454 g/mol. The smallest absolute Gasteiger partial charge is 0.246 e. The van der Waals surface area contributed by atoms with Gasteiger partial charge < -0.3 is 0 Å². The minimum atomic E-state index is -2.40. The summed E-state index contributed by atoms with van der Waals surface area (Å²) in [5, 5.41) is 19.4. The Hall–Kier alpha value is -1.96. The van der Waals surface area contributed by atoms with Gasteiger partial charge in [0.25, 0.3) is 0 Å². The van der Waals surface area contributed by atoms with Crippen LogP contribution < -0.4 is 0 Å². The van der Waals surface area contributed by atoms with E-state index in [9.17, 15) is 10.5 Å². The summed E-state index contributed by atoms with van der Waals surface area (Å²) in [4.78, 5) is 40.3. The molecule has 0 spiro atoms. The molecule has 0 amide bonds. The third-order valence-electron chi connectivity index (χ3n) is 4.26. The van der Waals surface area contributed by atoms with Crippen molar-refractivity contribution in [2.75, 3.05) is 13.2 Å². The van der Waals surface area contributed by atoms with E-state index < -0.39 is 11.9 Å². The van der Waals surface area contributed by atoms with Crippen molar-refractivity contribution in [3.05, 3.63) is 71.8 Å². The summed E-state index contributed by atoms with van der Waals surface area (Å²) in [6, 6.07) is 16.2. The molecule has 178 valence electrons. The second-order valence-corrected chi connectivity index (χ2v) is 6.71. The molecule has 2 aromatic carbocycles. The first-order valence-electron chi connectivity index (χ1n) is 10.4. The summed E-state index contributed by atoms with van der Waals surface area (Å²) in [6.07, 6.45) is 3.05. The van der Waals surface area contributed by atoms with Gasteiger partial charge in [-0.15, -0.1) is 0 Å². The molecule has 0 fully saturated rings. The first kappa shape index (κ1) is 26.3. The third kappa shape index (κ3) is 7.29. The topological polar surface area (TPSA) is 114 Å². The van der Waals surface area contributed by atoms with Crippen molar-refractivity contribution in [1.82, 2.24) is 0 Å². The van der Waals surface area contributed by atoms with Gasteiger partial charge in [0.1, 0.15) is 0 Å². The summed E-state index contributed by atoms with van der Waals surface area (Å²) in [6.45, 7) is 4.32. The molecule has 0 heterocycles. The SMILES string of the molecule is CCCCOOC(OO)(OOC(OO)(OOCCCC)c1ccccc1)c1ccccc1. The van der Waals surface area contributed by atoms with Gasteiger partial charge in [-0.25, -0.2) is 20.3 Å². The van der Waals surface area contributed by atoms with Gasteiger partial charge in [-0.3, -0.25) is 0 Å². The lowest BCUT2D eigenvalue weighted by Gasteiger charge is -2.32. The molecule has 0 radical (unpaired) electrons. The predicted molar refractivity (Wildman–Crippen MR) is 110 cm³/mol. The minimum Gasteiger partial charge on any atom is -0.246 e. The first-order chi connectivity index (χ1) is 15.7. The number of hydrogen-bond acceptors (Lipinski definition) is 10. The number of hydrogen-bond donors (Lipinski definition) is 2. The zero-order valence-electron chi connectivity index (χ0n) is 18.2. The minimum absolute atomic E-state index is 0.172. The molecule has 0 aliphatic rings. The van der Waals surface area contributed by atoms with Crippen molar-refractivity contribution in [2.45, 2.75) is 51.5 Å². The Kier molecular flexibility index (Phi) is 11.7. The van der Waals surface area contributed by atoms with E-state index in [1.165, 1.54) is 24.3 Å². The molecule has 2 N–H and O–H groups in total. The summed E-state index contributed by atoms with van der Waals surface area (Å²) in [7, 11) is 0. The van der Waals surface area contributed by atoms with E-state index in [0.29, 0.717) is 12.8 Å². The molecule has 2 unspecified atom stereocenters. The fraction of sp³-hybridized carbons (Fsp3) is 0.455. The van der Waals surface area contributed by atoms with Crippen LogP contribution in [0.5, 0.6) is 0 Å². The molecule has 2 rings (SSSR count). The number of benzene rings is 2. The van der Waals surface area contributed by atoms with Crippen LogP contribution in [-0.4, -0.2) is 23.7 Å². The van der Waals surface area contributed by atoms with Crippen LogP contribution in [0.4, 0.5) is 0 Å². The van der Waals surface area contributed by atoms with Crippen LogP contribution in [0.1, 0.15) is 50.7 Å². The van der Waals surface area contributed by atoms with Crippen LogP contribution in [0.3, 0.4) is 0 Å². The van der Waals surface area contributed by atoms with E-state index in [0.717, 1.165) is 12.8 Å². The van der Waals surface area contributed by atoms with Crippen molar-refractivity contribution >= 4 is 0 Å². The maximum atomic E-state index is 9.69. The molecule has 0 aromatic heterocycles. The summed E-state index contributed by atoms with van der Waals surface area (Å²) >= 11 is 0. The molecule has 0 saturated heterocycles. The Morgan fingerprint density at radius 3 is 1.28 bits per heavy atom. The van der Waals surface area contributed by atoms with Gasteiger partial charge >= 0.3 is 11.9 Å². The third-order valence-corrected chi connectivity index (χ3v) is 4.26. The molecule has 0 aliphatic carbocycles. The van der Waals surface area contributed by atoms with Gasteiger partial charge in [0.05, 0.1) is 13.2 Å². The largest absolute Gasteiger partial charge is 0.392 e. The monoisotopic (exact) mass is 454 g/mol. The summed E-state index contributed by atoms with van der Waals surface area (Å²) in [5.74, 6) is -4.80. The lowest BCUT2D eigenvalue weighted by molar-refractivity contribution is -0.709.